The van der Waals surface area contributed by atoms with Crippen LogP contribution < -0.4 is 11.1 Å². The fraction of sp³-hybridized carbons (Fsp3) is 0.611. The molecule has 3 nitrogen and oxygen atoms in total. The van der Waals surface area contributed by atoms with Gasteiger partial charge in [-0.05, 0) is 35.8 Å². The van der Waals surface area contributed by atoms with E-state index in [1.54, 1.807) is 0 Å². The predicted octanol–water partition coefficient (Wildman–Crippen LogP) is 2.91. The number of nitrogens with two attached hydrogens (primary N) is 1. The van der Waals surface area contributed by atoms with Gasteiger partial charge in [-0.2, -0.15) is 0 Å². The van der Waals surface area contributed by atoms with Crippen molar-refractivity contribution in [3.8, 4) is 0 Å². The third kappa shape index (κ3) is 4.07. The van der Waals surface area contributed by atoms with Crippen LogP contribution >= 0.6 is 0 Å². The lowest BCUT2D eigenvalue weighted by Crippen LogP contribution is -2.52. The Kier molecular flexibility index (Phi) is 4.72. The van der Waals surface area contributed by atoms with Gasteiger partial charge in [0.05, 0.1) is 5.54 Å². The fourth-order valence-electron chi connectivity index (χ4n) is 2.90. The van der Waals surface area contributed by atoms with Crippen LogP contribution in [-0.4, -0.2) is 18.0 Å². The van der Waals surface area contributed by atoms with Crippen molar-refractivity contribution < 1.29 is 4.79 Å². The van der Waals surface area contributed by atoms with Gasteiger partial charge < -0.3 is 11.1 Å². The summed E-state index contributed by atoms with van der Waals surface area (Å²) in [6.07, 6.45) is 4.63. The molecule has 3 N–H and O–H groups in total. The maximum Gasteiger partial charge on any atom is 0.240 e. The molecule has 21 heavy (non-hydrogen) atoms. The van der Waals surface area contributed by atoms with Gasteiger partial charge in [0.25, 0.3) is 0 Å². The lowest BCUT2D eigenvalue weighted by Gasteiger charge is -2.22. The van der Waals surface area contributed by atoms with Crippen LogP contribution in [0.25, 0.3) is 0 Å². The van der Waals surface area contributed by atoms with Crippen molar-refractivity contribution in [1.29, 1.82) is 0 Å². The van der Waals surface area contributed by atoms with Gasteiger partial charge in [-0.15, -0.1) is 0 Å². The molecule has 1 saturated carbocycles. The van der Waals surface area contributed by atoms with Crippen molar-refractivity contribution >= 4 is 5.91 Å². The predicted molar refractivity (Wildman–Crippen MR) is 87.2 cm³/mol. The van der Waals surface area contributed by atoms with E-state index in [1.165, 1.54) is 11.1 Å². The third-order valence-electron chi connectivity index (χ3n) is 4.47. The SMILES string of the molecule is CC(C)(C)c1ccc(CCNC(=O)C2(N)CCCC2)cc1. The van der Waals surface area contributed by atoms with Gasteiger partial charge in [0, 0.05) is 6.54 Å². The number of carbonyl (C=O) groups is 1. The molecule has 3 heteroatoms. The first-order valence-corrected chi connectivity index (χ1v) is 7.98. The Hall–Kier alpha value is -1.35. The molecule has 1 aromatic carbocycles. The van der Waals surface area contributed by atoms with E-state index in [0.717, 1.165) is 32.1 Å². The quantitative estimate of drug-likeness (QED) is 0.895. The smallest absolute Gasteiger partial charge is 0.240 e. The average molecular weight is 288 g/mol. The maximum absolute atomic E-state index is 12.1. The Morgan fingerprint density at radius 1 is 1.19 bits per heavy atom. The van der Waals surface area contributed by atoms with Crippen LogP contribution in [0.15, 0.2) is 24.3 Å². The normalized spacial score (nSPS) is 17.7. The summed E-state index contributed by atoms with van der Waals surface area (Å²) in [7, 11) is 0. The van der Waals surface area contributed by atoms with E-state index in [0.29, 0.717) is 6.54 Å². The summed E-state index contributed by atoms with van der Waals surface area (Å²) in [6.45, 7) is 7.30. The maximum atomic E-state index is 12.1. The molecule has 0 bridgehead atoms. The van der Waals surface area contributed by atoms with E-state index < -0.39 is 5.54 Å². The molecule has 1 amide bonds. The van der Waals surface area contributed by atoms with Crippen molar-refractivity contribution in [2.75, 3.05) is 6.54 Å². The van der Waals surface area contributed by atoms with Crippen molar-refractivity contribution in [2.24, 2.45) is 5.73 Å². The summed E-state index contributed by atoms with van der Waals surface area (Å²) < 4.78 is 0. The molecule has 0 atom stereocenters. The lowest BCUT2D eigenvalue weighted by atomic mass is 9.86. The third-order valence-corrected chi connectivity index (χ3v) is 4.47. The summed E-state index contributed by atoms with van der Waals surface area (Å²) in [5.74, 6) is 0.0197. The average Bonchev–Trinajstić information content (AvgIpc) is 2.86. The topological polar surface area (TPSA) is 55.1 Å². The highest BCUT2D eigenvalue weighted by atomic mass is 16.2. The summed E-state index contributed by atoms with van der Waals surface area (Å²) in [6, 6.07) is 8.66. The molecule has 0 unspecified atom stereocenters. The highest BCUT2D eigenvalue weighted by molar-refractivity contribution is 5.86. The summed E-state index contributed by atoms with van der Waals surface area (Å²) in [5, 5.41) is 2.99. The number of amides is 1. The van der Waals surface area contributed by atoms with Crippen LogP contribution in [-0.2, 0) is 16.6 Å². The van der Waals surface area contributed by atoms with Gasteiger partial charge in [-0.1, -0.05) is 57.9 Å². The zero-order valence-corrected chi connectivity index (χ0v) is 13.5. The van der Waals surface area contributed by atoms with Gasteiger partial charge in [-0.3, -0.25) is 4.79 Å². The summed E-state index contributed by atoms with van der Waals surface area (Å²) in [5.41, 5.74) is 8.29. The second kappa shape index (κ2) is 6.18. The largest absolute Gasteiger partial charge is 0.354 e. The second-order valence-corrected chi connectivity index (χ2v) is 7.32. The van der Waals surface area contributed by atoms with Crippen molar-refractivity contribution in [1.82, 2.24) is 5.32 Å². The van der Waals surface area contributed by atoms with E-state index in [4.69, 9.17) is 5.73 Å². The first kappa shape index (κ1) is 16.0. The monoisotopic (exact) mass is 288 g/mol. The number of hydrogen-bond acceptors (Lipinski definition) is 2. The summed E-state index contributed by atoms with van der Waals surface area (Å²) in [4.78, 5) is 12.1. The van der Waals surface area contributed by atoms with Crippen LogP contribution in [0.5, 0.6) is 0 Å². The molecular weight excluding hydrogens is 260 g/mol. The number of carbonyl (C=O) groups excluding carboxylic acids is 1. The molecular formula is C18H28N2O. The van der Waals surface area contributed by atoms with E-state index in [-0.39, 0.29) is 11.3 Å². The molecule has 0 heterocycles. The second-order valence-electron chi connectivity index (χ2n) is 7.32. The zero-order chi connectivity index (χ0) is 15.5. The van der Waals surface area contributed by atoms with Crippen LogP contribution in [0, 0.1) is 0 Å². The molecule has 1 aliphatic carbocycles. The Labute approximate surface area is 128 Å². The minimum atomic E-state index is -0.615. The number of benzene rings is 1. The highest BCUT2D eigenvalue weighted by Crippen LogP contribution is 2.27. The molecule has 1 fully saturated rings. The van der Waals surface area contributed by atoms with Crippen molar-refractivity contribution in [3.05, 3.63) is 35.4 Å². The van der Waals surface area contributed by atoms with Crippen molar-refractivity contribution in [3.63, 3.8) is 0 Å². The van der Waals surface area contributed by atoms with E-state index >= 15 is 0 Å². The molecule has 0 aliphatic heterocycles. The van der Waals surface area contributed by atoms with Crippen LogP contribution in [0.4, 0.5) is 0 Å². The van der Waals surface area contributed by atoms with Crippen LogP contribution in [0.2, 0.25) is 0 Å². The molecule has 0 spiro atoms. The molecule has 0 aromatic heterocycles. The summed E-state index contributed by atoms with van der Waals surface area (Å²) >= 11 is 0. The lowest BCUT2D eigenvalue weighted by molar-refractivity contribution is -0.126. The Balaban J connectivity index is 1.82. The molecule has 0 radical (unpaired) electrons. The van der Waals surface area contributed by atoms with E-state index in [1.807, 2.05) is 0 Å². The van der Waals surface area contributed by atoms with E-state index in [9.17, 15) is 4.79 Å². The first-order valence-electron chi connectivity index (χ1n) is 7.98. The van der Waals surface area contributed by atoms with E-state index in [2.05, 4.69) is 50.4 Å². The fourth-order valence-corrected chi connectivity index (χ4v) is 2.90. The van der Waals surface area contributed by atoms with Crippen LogP contribution in [0.1, 0.15) is 57.6 Å². The standard InChI is InChI=1S/C18H28N2O/c1-17(2,3)15-8-6-14(7-9-15)10-13-20-16(21)18(19)11-4-5-12-18/h6-9H,4-5,10-13,19H2,1-3H3,(H,20,21). The Morgan fingerprint density at radius 3 is 2.29 bits per heavy atom. The minimum Gasteiger partial charge on any atom is -0.354 e. The van der Waals surface area contributed by atoms with Gasteiger partial charge >= 0.3 is 0 Å². The Bertz CT molecular complexity index is 479. The number of rotatable bonds is 4. The molecule has 0 saturated heterocycles. The minimum absolute atomic E-state index is 0.0197. The molecule has 1 aromatic rings. The molecule has 1 aliphatic rings. The molecule has 116 valence electrons. The molecule has 2 rings (SSSR count). The number of nitrogens with one attached hydrogen (secondary N) is 1. The number of hydrogen-bond donors (Lipinski definition) is 2. The van der Waals surface area contributed by atoms with Gasteiger partial charge in [0.1, 0.15) is 0 Å². The van der Waals surface area contributed by atoms with Crippen LogP contribution in [0.3, 0.4) is 0 Å². The zero-order valence-electron chi connectivity index (χ0n) is 13.5. The Morgan fingerprint density at radius 2 is 1.76 bits per heavy atom. The van der Waals surface area contributed by atoms with Gasteiger partial charge in [-0.25, -0.2) is 0 Å². The highest BCUT2D eigenvalue weighted by Gasteiger charge is 2.36. The van der Waals surface area contributed by atoms with Gasteiger partial charge in [0.15, 0.2) is 0 Å². The van der Waals surface area contributed by atoms with Crippen molar-refractivity contribution in [2.45, 2.75) is 63.8 Å². The van der Waals surface area contributed by atoms with Gasteiger partial charge in [0.2, 0.25) is 5.91 Å². The first-order chi connectivity index (χ1) is 9.81.